The van der Waals surface area contributed by atoms with Crippen LogP contribution in [0.2, 0.25) is 0 Å². The van der Waals surface area contributed by atoms with E-state index in [9.17, 15) is 27.7 Å². The Morgan fingerprint density at radius 1 is 1.32 bits per heavy atom. The Morgan fingerprint density at radius 3 is 2.75 bits per heavy atom. The Kier molecular flexibility index (Phi) is 5.18. The third-order valence-electron chi connectivity index (χ3n) is 4.39. The maximum Gasteiger partial charge on any atom is 0.295 e. The average molecular weight is 408 g/mol. The van der Waals surface area contributed by atoms with Gasteiger partial charge in [0.25, 0.3) is 11.6 Å². The molecule has 0 bridgehead atoms. The molecule has 1 aliphatic rings. The van der Waals surface area contributed by atoms with Crippen molar-refractivity contribution in [3.63, 3.8) is 0 Å². The molecule has 0 radical (unpaired) electrons. The highest BCUT2D eigenvalue weighted by molar-refractivity contribution is 7.92. The van der Waals surface area contributed by atoms with Crippen molar-refractivity contribution in [1.82, 2.24) is 5.32 Å². The third kappa shape index (κ3) is 3.74. The number of nitro groups is 1. The molecule has 1 amide bonds. The van der Waals surface area contributed by atoms with Crippen LogP contribution in [0.3, 0.4) is 0 Å². The standard InChI is InChI=1S/C17H17FN4O5S/c18-12-9-13(16(19)15(10-12)22(24)25)17(23)20-6-8-28(26,27)21-7-5-11-3-1-2-4-14(11)21/h1-4,9-10H,5-8,19H2,(H,20,23). The molecule has 3 N–H and O–H groups in total. The van der Waals surface area contributed by atoms with Crippen LogP contribution in [0.1, 0.15) is 15.9 Å². The molecule has 0 atom stereocenters. The number of carbonyl (C=O) groups is 1. The van der Waals surface area contributed by atoms with Crippen LogP contribution >= 0.6 is 0 Å². The van der Waals surface area contributed by atoms with Gasteiger partial charge in [-0.2, -0.15) is 0 Å². The number of nitrogen functional groups attached to an aromatic ring is 1. The number of sulfonamides is 1. The van der Waals surface area contributed by atoms with Crippen LogP contribution in [0.5, 0.6) is 0 Å². The van der Waals surface area contributed by atoms with Gasteiger partial charge in [0.05, 0.1) is 28.0 Å². The van der Waals surface area contributed by atoms with E-state index >= 15 is 0 Å². The Bertz CT molecular complexity index is 1060. The lowest BCUT2D eigenvalue weighted by Crippen LogP contribution is -2.37. The summed E-state index contributed by atoms with van der Waals surface area (Å²) in [6.07, 6.45) is 0.602. The van der Waals surface area contributed by atoms with E-state index in [0.29, 0.717) is 24.7 Å². The summed E-state index contributed by atoms with van der Waals surface area (Å²) >= 11 is 0. The molecule has 28 heavy (non-hydrogen) atoms. The number of hydrogen-bond donors (Lipinski definition) is 2. The highest BCUT2D eigenvalue weighted by Gasteiger charge is 2.29. The normalized spacial score (nSPS) is 13.2. The second kappa shape index (κ2) is 7.43. The fourth-order valence-corrected chi connectivity index (χ4v) is 4.47. The van der Waals surface area contributed by atoms with Gasteiger partial charge in [-0.05, 0) is 24.1 Å². The number of amides is 1. The summed E-state index contributed by atoms with van der Waals surface area (Å²) < 4.78 is 40.0. The zero-order valence-corrected chi connectivity index (χ0v) is 15.4. The molecule has 3 rings (SSSR count). The number of nitrogens with zero attached hydrogens (tertiary/aromatic N) is 2. The number of fused-ring (bicyclic) bond motifs is 1. The summed E-state index contributed by atoms with van der Waals surface area (Å²) in [7, 11) is -3.69. The summed E-state index contributed by atoms with van der Waals surface area (Å²) in [6, 6.07) is 8.52. The first-order valence-electron chi connectivity index (χ1n) is 8.30. The zero-order chi connectivity index (χ0) is 20.5. The number of rotatable bonds is 6. The minimum absolute atomic E-state index is 0.260. The maximum absolute atomic E-state index is 13.5. The number of nitrogens with one attached hydrogen (secondary N) is 1. The molecule has 148 valence electrons. The first kappa shape index (κ1) is 19.5. The number of nitrogens with two attached hydrogens (primary N) is 1. The lowest BCUT2D eigenvalue weighted by molar-refractivity contribution is -0.384. The molecular formula is C17H17FN4O5S. The van der Waals surface area contributed by atoms with Gasteiger partial charge < -0.3 is 11.1 Å². The van der Waals surface area contributed by atoms with E-state index in [1.807, 2.05) is 12.1 Å². The van der Waals surface area contributed by atoms with Gasteiger partial charge in [-0.3, -0.25) is 19.2 Å². The molecule has 0 aromatic heterocycles. The summed E-state index contributed by atoms with van der Waals surface area (Å²) in [5.74, 6) is -2.27. The molecule has 2 aromatic rings. The van der Waals surface area contributed by atoms with Gasteiger partial charge >= 0.3 is 0 Å². The van der Waals surface area contributed by atoms with Gasteiger partial charge in [-0.1, -0.05) is 18.2 Å². The molecule has 9 nitrogen and oxygen atoms in total. The van der Waals surface area contributed by atoms with E-state index in [4.69, 9.17) is 5.73 Å². The van der Waals surface area contributed by atoms with Crippen LogP contribution in [0.4, 0.5) is 21.5 Å². The lowest BCUT2D eigenvalue weighted by atomic mass is 10.1. The van der Waals surface area contributed by atoms with Gasteiger partial charge in [0, 0.05) is 13.1 Å². The van der Waals surface area contributed by atoms with E-state index in [1.165, 1.54) is 4.31 Å². The van der Waals surface area contributed by atoms with Crippen LogP contribution in [0.25, 0.3) is 0 Å². The zero-order valence-electron chi connectivity index (χ0n) is 14.6. The van der Waals surface area contributed by atoms with Gasteiger partial charge in [0.1, 0.15) is 11.5 Å². The van der Waals surface area contributed by atoms with Crippen LogP contribution in [0, 0.1) is 15.9 Å². The molecule has 1 heterocycles. The monoisotopic (exact) mass is 408 g/mol. The number of halogens is 1. The minimum atomic E-state index is -3.69. The number of para-hydroxylation sites is 1. The molecule has 0 unspecified atom stereocenters. The van der Waals surface area contributed by atoms with Crippen molar-refractivity contribution in [2.75, 3.05) is 28.9 Å². The largest absolute Gasteiger partial charge is 0.393 e. The maximum atomic E-state index is 13.5. The quantitative estimate of drug-likeness (QED) is 0.422. The van der Waals surface area contributed by atoms with E-state index in [1.54, 1.807) is 12.1 Å². The predicted octanol–water partition coefficient (Wildman–Crippen LogP) is 1.44. The number of hydrogen-bond acceptors (Lipinski definition) is 6. The van der Waals surface area contributed by atoms with Gasteiger partial charge in [0.15, 0.2) is 0 Å². The van der Waals surface area contributed by atoms with E-state index in [0.717, 1.165) is 11.6 Å². The van der Waals surface area contributed by atoms with Gasteiger partial charge in [0.2, 0.25) is 10.0 Å². The summed E-state index contributed by atoms with van der Waals surface area (Å²) in [5, 5.41) is 13.2. The Morgan fingerprint density at radius 2 is 2.04 bits per heavy atom. The SMILES string of the molecule is Nc1c(C(=O)NCCS(=O)(=O)N2CCc3ccccc32)cc(F)cc1[N+](=O)[O-]. The summed E-state index contributed by atoms with van der Waals surface area (Å²) in [6.45, 7) is 0.0578. The van der Waals surface area contributed by atoms with Crippen molar-refractivity contribution in [3.05, 3.63) is 63.5 Å². The first-order chi connectivity index (χ1) is 13.2. The Labute approximate surface area is 160 Å². The van der Waals surface area contributed by atoms with Crippen molar-refractivity contribution >= 4 is 33.0 Å². The molecular weight excluding hydrogens is 391 g/mol. The second-order valence-corrected chi connectivity index (χ2v) is 8.18. The van der Waals surface area contributed by atoms with Crippen molar-refractivity contribution in [2.45, 2.75) is 6.42 Å². The number of carbonyl (C=O) groups excluding carboxylic acids is 1. The predicted molar refractivity (Wildman–Crippen MR) is 101 cm³/mol. The van der Waals surface area contributed by atoms with Crippen molar-refractivity contribution in [2.24, 2.45) is 0 Å². The van der Waals surface area contributed by atoms with E-state index in [-0.39, 0.29) is 12.3 Å². The van der Waals surface area contributed by atoms with Crippen LogP contribution < -0.4 is 15.4 Å². The number of benzene rings is 2. The highest BCUT2D eigenvalue weighted by atomic mass is 32.2. The van der Waals surface area contributed by atoms with Crippen LogP contribution in [-0.4, -0.2) is 38.1 Å². The van der Waals surface area contributed by atoms with Crippen molar-refractivity contribution < 1.29 is 22.5 Å². The van der Waals surface area contributed by atoms with Crippen LogP contribution in [0.15, 0.2) is 36.4 Å². The molecule has 1 aliphatic heterocycles. The number of anilines is 2. The van der Waals surface area contributed by atoms with Crippen LogP contribution in [-0.2, 0) is 16.4 Å². The molecule has 2 aromatic carbocycles. The topological polar surface area (TPSA) is 136 Å². The van der Waals surface area contributed by atoms with Gasteiger partial charge in [-0.25, -0.2) is 12.8 Å². The minimum Gasteiger partial charge on any atom is -0.393 e. The highest BCUT2D eigenvalue weighted by Crippen LogP contribution is 2.30. The molecule has 0 saturated carbocycles. The molecule has 0 spiro atoms. The number of nitro benzene ring substituents is 1. The fourth-order valence-electron chi connectivity index (χ4n) is 3.04. The Balaban J connectivity index is 1.69. The van der Waals surface area contributed by atoms with Crippen molar-refractivity contribution in [3.8, 4) is 0 Å². The fraction of sp³-hybridized carbons (Fsp3) is 0.235. The molecule has 11 heteroatoms. The molecule has 0 saturated heterocycles. The van der Waals surface area contributed by atoms with Gasteiger partial charge in [-0.15, -0.1) is 0 Å². The summed E-state index contributed by atoms with van der Waals surface area (Å²) in [4.78, 5) is 22.2. The Hall–Kier alpha value is -3.21. The lowest BCUT2D eigenvalue weighted by Gasteiger charge is -2.19. The van der Waals surface area contributed by atoms with Crippen molar-refractivity contribution in [1.29, 1.82) is 0 Å². The molecule has 0 aliphatic carbocycles. The second-order valence-electron chi connectivity index (χ2n) is 6.17. The molecule has 0 fully saturated rings. The summed E-state index contributed by atoms with van der Waals surface area (Å²) in [5.41, 5.74) is 5.47. The third-order valence-corrected chi connectivity index (χ3v) is 6.16. The first-order valence-corrected chi connectivity index (χ1v) is 9.91. The average Bonchev–Trinajstić information content (AvgIpc) is 3.08. The smallest absolute Gasteiger partial charge is 0.295 e. The van der Waals surface area contributed by atoms with E-state index < -0.39 is 43.6 Å². The van der Waals surface area contributed by atoms with E-state index in [2.05, 4.69) is 5.32 Å².